The Morgan fingerprint density at radius 3 is 2.85 bits per heavy atom. The van der Waals surface area contributed by atoms with Gasteiger partial charge in [0.15, 0.2) is 6.10 Å². The van der Waals surface area contributed by atoms with Gasteiger partial charge in [0.05, 0.1) is 11.9 Å². The summed E-state index contributed by atoms with van der Waals surface area (Å²) in [6, 6.07) is 1.57. The van der Waals surface area contributed by atoms with Crippen LogP contribution in [0.1, 0.15) is 27.7 Å². The van der Waals surface area contributed by atoms with Crippen molar-refractivity contribution in [3.05, 3.63) is 12.3 Å². The molecule has 1 aliphatic heterocycles. The van der Waals surface area contributed by atoms with Crippen LogP contribution < -0.4 is 15.4 Å². The first-order chi connectivity index (χ1) is 9.24. The van der Waals surface area contributed by atoms with Crippen molar-refractivity contribution in [3.63, 3.8) is 0 Å². The van der Waals surface area contributed by atoms with Crippen molar-refractivity contribution in [2.75, 3.05) is 10.6 Å². The highest BCUT2D eigenvalue weighted by Crippen LogP contribution is 2.29. The van der Waals surface area contributed by atoms with Crippen molar-refractivity contribution in [2.45, 2.75) is 39.4 Å². The van der Waals surface area contributed by atoms with Crippen molar-refractivity contribution in [1.29, 1.82) is 0 Å². The number of carbonyl (C=O) groups is 2. The van der Waals surface area contributed by atoms with Crippen LogP contribution >= 0.6 is 0 Å². The van der Waals surface area contributed by atoms with Gasteiger partial charge < -0.3 is 14.8 Å². The summed E-state index contributed by atoms with van der Waals surface area (Å²) in [5.41, 5.74) is 0.247. The third kappa shape index (κ3) is 3.37. The van der Waals surface area contributed by atoms with Crippen LogP contribution in [-0.4, -0.2) is 28.7 Å². The molecule has 0 saturated carbocycles. The SMILES string of the molecule is CC1Oc2ncc(NC(=O)OC(C)(C)C)cc2NC1=O. The summed E-state index contributed by atoms with van der Waals surface area (Å²) < 4.78 is 10.4. The van der Waals surface area contributed by atoms with E-state index in [1.165, 1.54) is 6.20 Å². The van der Waals surface area contributed by atoms with Gasteiger partial charge in [-0.25, -0.2) is 9.78 Å². The molecule has 0 radical (unpaired) electrons. The summed E-state index contributed by atoms with van der Waals surface area (Å²) in [7, 11) is 0. The lowest BCUT2D eigenvalue weighted by Crippen LogP contribution is -2.35. The quantitative estimate of drug-likeness (QED) is 0.822. The van der Waals surface area contributed by atoms with Crippen molar-refractivity contribution in [3.8, 4) is 5.88 Å². The molecule has 2 rings (SSSR count). The first-order valence-electron chi connectivity index (χ1n) is 6.22. The molecule has 0 bridgehead atoms. The van der Waals surface area contributed by atoms with Crippen molar-refractivity contribution in [2.24, 2.45) is 0 Å². The molecule has 0 spiro atoms. The molecule has 0 fully saturated rings. The largest absolute Gasteiger partial charge is 0.463 e. The number of hydrogen-bond acceptors (Lipinski definition) is 5. The number of pyridine rings is 1. The van der Waals surface area contributed by atoms with E-state index in [0.29, 0.717) is 17.3 Å². The Morgan fingerprint density at radius 1 is 1.50 bits per heavy atom. The molecule has 0 aliphatic carbocycles. The van der Waals surface area contributed by atoms with Gasteiger partial charge >= 0.3 is 6.09 Å². The molecule has 0 saturated heterocycles. The van der Waals surface area contributed by atoms with Crippen LogP contribution in [0.15, 0.2) is 12.3 Å². The van der Waals surface area contributed by atoms with Crippen molar-refractivity contribution < 1.29 is 19.1 Å². The van der Waals surface area contributed by atoms with Gasteiger partial charge in [0, 0.05) is 0 Å². The highest BCUT2D eigenvalue weighted by molar-refractivity contribution is 5.98. The van der Waals surface area contributed by atoms with E-state index in [2.05, 4.69) is 15.6 Å². The molecule has 2 N–H and O–H groups in total. The second-order valence-electron chi connectivity index (χ2n) is 5.45. The molecular formula is C13H17N3O4. The maximum absolute atomic E-state index is 11.6. The van der Waals surface area contributed by atoms with E-state index in [1.807, 2.05) is 0 Å². The third-order valence-corrected chi connectivity index (χ3v) is 2.41. The van der Waals surface area contributed by atoms with E-state index in [9.17, 15) is 9.59 Å². The second kappa shape index (κ2) is 4.99. The minimum Gasteiger partial charge on any atom is -0.463 e. The van der Waals surface area contributed by atoms with Crippen LogP contribution in [0.5, 0.6) is 5.88 Å². The number of carbonyl (C=O) groups excluding carboxylic acids is 2. The summed E-state index contributed by atoms with van der Waals surface area (Å²) in [4.78, 5) is 27.2. The Balaban J connectivity index is 2.10. The number of nitrogens with one attached hydrogen (secondary N) is 2. The zero-order chi connectivity index (χ0) is 14.9. The topological polar surface area (TPSA) is 89.6 Å². The third-order valence-electron chi connectivity index (χ3n) is 2.41. The highest BCUT2D eigenvalue weighted by Gasteiger charge is 2.25. The molecule has 1 atom stereocenters. The predicted octanol–water partition coefficient (Wildman–Crippen LogP) is 2.15. The standard InChI is InChI=1S/C13H17N3O4/c1-7-10(17)16-9-5-8(6-14-11(9)19-7)15-12(18)20-13(2,3)4/h5-7H,1-4H3,(H,15,18)(H,16,17). The maximum atomic E-state index is 11.6. The second-order valence-corrected chi connectivity index (χ2v) is 5.45. The fourth-order valence-corrected chi connectivity index (χ4v) is 1.58. The first kappa shape index (κ1) is 14.1. The Labute approximate surface area is 116 Å². The molecule has 2 heterocycles. The summed E-state index contributed by atoms with van der Waals surface area (Å²) >= 11 is 0. The van der Waals surface area contributed by atoms with Crippen LogP contribution in [-0.2, 0) is 9.53 Å². The summed E-state index contributed by atoms with van der Waals surface area (Å²) in [5, 5.41) is 5.20. The average molecular weight is 279 g/mol. The Hall–Kier alpha value is -2.31. The van der Waals surface area contributed by atoms with E-state index in [0.717, 1.165) is 0 Å². The van der Waals surface area contributed by atoms with Gasteiger partial charge in [0.1, 0.15) is 11.3 Å². The summed E-state index contributed by atoms with van der Waals surface area (Å²) in [6.07, 6.45) is 0.266. The van der Waals surface area contributed by atoms with E-state index in [1.54, 1.807) is 33.8 Å². The number of ether oxygens (including phenoxy) is 2. The van der Waals surface area contributed by atoms with Crippen LogP contribution in [0.3, 0.4) is 0 Å². The zero-order valence-corrected chi connectivity index (χ0v) is 11.8. The Kier molecular flexibility index (Phi) is 3.52. The number of rotatable bonds is 1. The lowest BCUT2D eigenvalue weighted by atomic mass is 10.2. The Bertz CT molecular complexity index is 551. The highest BCUT2D eigenvalue weighted by atomic mass is 16.6. The van der Waals surface area contributed by atoms with E-state index in [-0.39, 0.29) is 5.91 Å². The Morgan fingerprint density at radius 2 is 2.20 bits per heavy atom. The molecule has 0 aromatic carbocycles. The smallest absolute Gasteiger partial charge is 0.412 e. The molecule has 1 unspecified atom stereocenters. The van der Waals surface area contributed by atoms with Crippen LogP contribution in [0.4, 0.5) is 16.2 Å². The molecule has 20 heavy (non-hydrogen) atoms. The van der Waals surface area contributed by atoms with Gasteiger partial charge in [0.25, 0.3) is 5.91 Å². The lowest BCUT2D eigenvalue weighted by Gasteiger charge is -2.23. The van der Waals surface area contributed by atoms with Gasteiger partial charge in [-0.3, -0.25) is 10.1 Å². The van der Waals surface area contributed by atoms with Crippen LogP contribution in [0, 0.1) is 0 Å². The molecular weight excluding hydrogens is 262 g/mol. The predicted molar refractivity (Wildman–Crippen MR) is 72.8 cm³/mol. The van der Waals surface area contributed by atoms with Gasteiger partial charge in [-0.05, 0) is 33.8 Å². The molecule has 1 aromatic heterocycles. The van der Waals surface area contributed by atoms with Crippen molar-refractivity contribution >= 4 is 23.4 Å². The number of nitrogens with zero attached hydrogens (tertiary/aromatic N) is 1. The number of fused-ring (bicyclic) bond motifs is 1. The summed E-state index contributed by atoms with van der Waals surface area (Å²) in [5.74, 6) is 0.0700. The van der Waals surface area contributed by atoms with E-state index < -0.39 is 17.8 Å². The zero-order valence-electron chi connectivity index (χ0n) is 11.8. The fourth-order valence-electron chi connectivity index (χ4n) is 1.58. The average Bonchev–Trinajstić information content (AvgIpc) is 2.28. The number of amides is 2. The lowest BCUT2D eigenvalue weighted by molar-refractivity contribution is -0.122. The molecule has 1 aromatic rings. The van der Waals surface area contributed by atoms with Crippen LogP contribution in [0.25, 0.3) is 0 Å². The van der Waals surface area contributed by atoms with Gasteiger partial charge in [0.2, 0.25) is 5.88 Å². The first-order valence-corrected chi connectivity index (χ1v) is 6.22. The molecule has 2 amide bonds. The minimum atomic E-state index is -0.587. The monoisotopic (exact) mass is 279 g/mol. The molecule has 108 valence electrons. The minimum absolute atomic E-state index is 0.256. The molecule has 1 aliphatic rings. The number of anilines is 2. The fraction of sp³-hybridized carbons (Fsp3) is 0.462. The number of hydrogen-bond donors (Lipinski definition) is 2. The van der Waals surface area contributed by atoms with Gasteiger partial charge in [-0.1, -0.05) is 0 Å². The normalized spacial score (nSPS) is 17.6. The summed E-state index contributed by atoms with van der Waals surface area (Å²) in [6.45, 7) is 6.94. The molecule has 7 heteroatoms. The molecule has 7 nitrogen and oxygen atoms in total. The van der Waals surface area contributed by atoms with Gasteiger partial charge in [-0.2, -0.15) is 0 Å². The van der Waals surface area contributed by atoms with E-state index in [4.69, 9.17) is 9.47 Å². The van der Waals surface area contributed by atoms with Crippen molar-refractivity contribution in [1.82, 2.24) is 4.98 Å². The van der Waals surface area contributed by atoms with E-state index >= 15 is 0 Å². The van der Waals surface area contributed by atoms with Crippen LogP contribution in [0.2, 0.25) is 0 Å². The number of aromatic nitrogens is 1. The van der Waals surface area contributed by atoms with Gasteiger partial charge in [-0.15, -0.1) is 0 Å². The maximum Gasteiger partial charge on any atom is 0.412 e.